The lowest BCUT2D eigenvalue weighted by Gasteiger charge is -2.47. The number of carbonyl (C=O) groups is 1. The fourth-order valence-electron chi connectivity index (χ4n) is 3.34. The summed E-state index contributed by atoms with van der Waals surface area (Å²) in [6.07, 6.45) is 5.02. The smallest absolute Gasteiger partial charge is 0.182 e. The average molecular weight is 339 g/mol. The number of rotatable bonds is 1. The first-order valence-electron chi connectivity index (χ1n) is 7.55. The first-order valence-corrected chi connectivity index (χ1v) is 8.12. The summed E-state index contributed by atoms with van der Waals surface area (Å²) >= 11 is 0. The zero-order valence-corrected chi connectivity index (χ0v) is 14.9. The Bertz CT molecular complexity index is 864. The van der Waals surface area contributed by atoms with E-state index in [0.717, 1.165) is 11.3 Å². The van der Waals surface area contributed by atoms with Gasteiger partial charge in [0.25, 0.3) is 0 Å². The first-order chi connectivity index (χ1) is 11.2. The van der Waals surface area contributed by atoms with Gasteiger partial charge in [-0.3, -0.25) is 10.2 Å². The van der Waals surface area contributed by atoms with Gasteiger partial charge in [-0.05, 0) is 32.4 Å². The van der Waals surface area contributed by atoms with Gasteiger partial charge in [-0.2, -0.15) is 5.26 Å². The molecule has 6 nitrogen and oxygen atoms in total. The number of carbonyl (C=O) groups excluding carboxylic acids is 1. The molecule has 1 aliphatic heterocycles. The number of aryl methyl sites for hydroxylation is 1. The Morgan fingerprint density at radius 2 is 2.12 bits per heavy atom. The van der Waals surface area contributed by atoms with Gasteiger partial charge in [0.05, 0.1) is 16.1 Å². The number of amidine groups is 1. The van der Waals surface area contributed by atoms with Gasteiger partial charge in [0.2, 0.25) is 0 Å². The number of nitrogens with one attached hydrogen (secondary N) is 1. The van der Waals surface area contributed by atoms with Crippen LogP contribution in [-0.2, 0) is 4.79 Å². The van der Waals surface area contributed by atoms with Crippen LogP contribution in [0, 0.1) is 29.1 Å². The topological polar surface area (TPSA) is 93.7 Å². The molecule has 0 bridgehead atoms. The molecule has 1 aliphatic carbocycles. The van der Waals surface area contributed by atoms with E-state index >= 15 is 0 Å². The van der Waals surface area contributed by atoms with Crippen molar-refractivity contribution in [2.24, 2.45) is 5.41 Å². The minimum Gasteiger partial charge on any atom is -0.310 e. The lowest BCUT2D eigenvalue weighted by molar-refractivity contribution is -0.121. The maximum atomic E-state index is 12.5. The summed E-state index contributed by atoms with van der Waals surface area (Å²) < 4.78 is 0. The summed E-state index contributed by atoms with van der Waals surface area (Å²) in [4.78, 5) is 22.6. The van der Waals surface area contributed by atoms with Crippen molar-refractivity contribution in [2.75, 3.05) is 11.4 Å². The Labute approximate surface area is 143 Å². The fourth-order valence-corrected chi connectivity index (χ4v) is 4.14. The number of nitrogens with zero attached hydrogens (tertiary/aromatic N) is 4. The number of hydrogen-bond donors (Lipinski definition) is 1. The molecule has 0 saturated carbocycles. The molecule has 1 aromatic rings. The van der Waals surface area contributed by atoms with E-state index in [9.17, 15) is 10.1 Å². The van der Waals surface area contributed by atoms with Crippen molar-refractivity contribution in [1.82, 2.24) is 9.97 Å². The molecular weight excluding hydrogens is 321 g/mol. The summed E-state index contributed by atoms with van der Waals surface area (Å²) in [6.45, 7) is 5.93. The largest absolute Gasteiger partial charge is 0.310 e. The van der Waals surface area contributed by atoms with Gasteiger partial charge in [-0.1, -0.05) is 6.08 Å². The van der Waals surface area contributed by atoms with Gasteiger partial charge in [0, 0.05) is 18.3 Å². The normalized spacial score (nSPS) is 25.5. The Balaban J connectivity index is 2.16. The second kappa shape index (κ2) is 5.32. The van der Waals surface area contributed by atoms with Crippen molar-refractivity contribution in [3.05, 3.63) is 41.4 Å². The maximum absolute atomic E-state index is 12.5. The molecule has 1 N–H and O–H groups in total. The molecule has 2 atom stereocenters. The Morgan fingerprint density at radius 3 is 2.75 bits per heavy atom. The van der Waals surface area contributed by atoms with E-state index in [2.05, 4.69) is 19.2 Å². The van der Waals surface area contributed by atoms with Crippen LogP contribution in [0.4, 0.5) is 5.82 Å². The van der Waals surface area contributed by atoms with Gasteiger partial charge >= 0.3 is 0 Å². The highest BCUT2D eigenvalue weighted by Gasteiger charge is 2.52. The second-order valence-electron chi connectivity index (χ2n) is 6.59. The summed E-state index contributed by atoms with van der Waals surface area (Å²) in [6, 6.07) is 3.80. The van der Waals surface area contributed by atoms with Crippen LogP contribution >= 0.6 is 9.24 Å². The maximum Gasteiger partial charge on any atom is 0.182 e. The number of fused-ring (bicyclic) bond motifs is 1. The Morgan fingerprint density at radius 1 is 1.42 bits per heavy atom. The molecule has 0 saturated heterocycles. The monoisotopic (exact) mass is 339 g/mol. The number of anilines is 1. The van der Waals surface area contributed by atoms with E-state index in [1.807, 2.05) is 39.0 Å². The van der Waals surface area contributed by atoms with Crippen LogP contribution in [0.3, 0.4) is 0 Å². The van der Waals surface area contributed by atoms with Gasteiger partial charge in [-0.15, -0.1) is 9.24 Å². The summed E-state index contributed by atoms with van der Waals surface area (Å²) in [5.41, 5.74) is 0.920. The molecule has 0 aromatic carbocycles. The number of aromatic nitrogens is 2. The summed E-state index contributed by atoms with van der Waals surface area (Å²) in [5, 5.41) is 17.2. The lowest BCUT2D eigenvalue weighted by atomic mass is 9.65. The minimum atomic E-state index is -0.889. The third-order valence-electron chi connectivity index (χ3n) is 4.63. The Kier molecular flexibility index (Phi) is 3.65. The van der Waals surface area contributed by atoms with Crippen LogP contribution in [0.1, 0.15) is 19.5 Å². The quantitative estimate of drug-likeness (QED) is 0.625. The van der Waals surface area contributed by atoms with Gasteiger partial charge in [-0.25, -0.2) is 9.97 Å². The van der Waals surface area contributed by atoms with Crippen molar-refractivity contribution in [1.29, 1.82) is 10.7 Å². The van der Waals surface area contributed by atoms with Crippen LogP contribution in [0.15, 0.2) is 35.7 Å². The van der Waals surface area contributed by atoms with Gasteiger partial charge in [0.1, 0.15) is 24.1 Å². The van der Waals surface area contributed by atoms with Gasteiger partial charge in [0.15, 0.2) is 5.78 Å². The van der Waals surface area contributed by atoms with Crippen LogP contribution in [0.2, 0.25) is 0 Å². The van der Waals surface area contributed by atoms with E-state index < -0.39 is 10.6 Å². The molecule has 3 rings (SSSR count). The van der Waals surface area contributed by atoms with Crippen LogP contribution < -0.4 is 4.90 Å². The lowest BCUT2D eigenvalue weighted by Crippen LogP contribution is -2.55. The fraction of sp³-hybridized carbons (Fsp3) is 0.353. The zero-order valence-electron chi connectivity index (χ0n) is 13.8. The van der Waals surface area contributed by atoms with Crippen molar-refractivity contribution >= 4 is 26.7 Å². The SMILES string of the molecule is Cc1cc(N2CC=C3C(C)(C)C(=O)C(C#N)=C[C@@]3(P)C2=N)ncn1. The van der Waals surface area contributed by atoms with Gasteiger partial charge < -0.3 is 4.90 Å². The Hall–Kier alpha value is -2.38. The minimum absolute atomic E-state index is 0.0950. The number of hydrogen-bond acceptors (Lipinski definition) is 5. The third-order valence-corrected chi connectivity index (χ3v) is 5.38. The van der Waals surface area contributed by atoms with Crippen molar-refractivity contribution in [3.63, 3.8) is 0 Å². The average Bonchev–Trinajstić information content (AvgIpc) is 2.53. The van der Waals surface area contributed by atoms with Crippen LogP contribution in [0.25, 0.3) is 0 Å². The molecule has 7 heteroatoms. The predicted octanol–water partition coefficient (Wildman–Crippen LogP) is 2.18. The number of ketones is 1. The van der Waals surface area contributed by atoms with Crippen LogP contribution in [-0.4, -0.2) is 33.3 Å². The standard InChI is InChI=1S/C17H18N5OP/c1-10-6-13(21-9-20-10)22-5-4-12-16(2,3)14(23)11(8-18)7-17(12,24)15(22)19/h4,6-7,9,19H,5,24H2,1-3H3/t17-/m0/s1. The van der Waals surface area contributed by atoms with E-state index in [1.165, 1.54) is 6.33 Å². The van der Waals surface area contributed by atoms with Crippen molar-refractivity contribution in [2.45, 2.75) is 25.9 Å². The predicted molar refractivity (Wildman–Crippen MR) is 94.8 cm³/mol. The molecule has 122 valence electrons. The van der Waals surface area contributed by atoms with E-state index in [0.29, 0.717) is 12.4 Å². The highest BCUT2D eigenvalue weighted by molar-refractivity contribution is 7.22. The second-order valence-corrected chi connectivity index (χ2v) is 7.50. The number of nitriles is 1. The molecule has 2 heterocycles. The molecule has 24 heavy (non-hydrogen) atoms. The summed E-state index contributed by atoms with van der Waals surface area (Å²) in [5.74, 6) is 0.705. The number of Topliss-reactive ketones (excluding diaryl/α,β-unsaturated/α-hetero) is 1. The zero-order chi connectivity index (χ0) is 17.7. The van der Waals surface area contributed by atoms with E-state index in [4.69, 9.17) is 5.41 Å². The van der Waals surface area contributed by atoms with Crippen molar-refractivity contribution in [3.8, 4) is 6.07 Å². The molecule has 2 aliphatic rings. The molecule has 1 unspecified atom stereocenters. The van der Waals surface area contributed by atoms with Crippen LogP contribution in [0.5, 0.6) is 0 Å². The van der Waals surface area contributed by atoms with Crippen molar-refractivity contribution < 1.29 is 4.79 Å². The highest BCUT2D eigenvalue weighted by atomic mass is 31.0. The molecule has 0 fully saturated rings. The number of allylic oxidation sites excluding steroid dienone is 1. The summed E-state index contributed by atoms with van der Waals surface area (Å²) in [7, 11) is 2.65. The molecule has 0 radical (unpaired) electrons. The highest BCUT2D eigenvalue weighted by Crippen LogP contribution is 2.50. The van der Waals surface area contributed by atoms with E-state index in [-0.39, 0.29) is 17.2 Å². The van der Waals surface area contributed by atoms with E-state index in [1.54, 1.807) is 11.0 Å². The first kappa shape index (κ1) is 16.5. The molecular formula is C17H18N5OP. The molecule has 0 amide bonds. The third kappa shape index (κ3) is 2.20. The molecule has 1 aromatic heterocycles. The molecule has 0 spiro atoms.